The van der Waals surface area contributed by atoms with Crippen LogP contribution in [0.1, 0.15) is 12.0 Å². The highest BCUT2D eigenvalue weighted by molar-refractivity contribution is 9.10. The molecule has 1 N–H and O–H groups in total. The van der Waals surface area contributed by atoms with Gasteiger partial charge in [0.15, 0.2) is 0 Å². The van der Waals surface area contributed by atoms with Gasteiger partial charge in [0.1, 0.15) is 11.5 Å². The smallest absolute Gasteiger partial charge is 0.227 e. The van der Waals surface area contributed by atoms with Crippen molar-refractivity contribution < 1.29 is 19.1 Å². The first-order valence-electron chi connectivity index (χ1n) is 9.07. The number of anilines is 1. The molecule has 148 valence electrons. The summed E-state index contributed by atoms with van der Waals surface area (Å²) >= 11 is 3.51. The fourth-order valence-electron chi connectivity index (χ4n) is 3.29. The number of benzene rings is 2. The topological polar surface area (TPSA) is 67.9 Å². The largest absolute Gasteiger partial charge is 0.497 e. The van der Waals surface area contributed by atoms with Crippen LogP contribution in [0.25, 0.3) is 0 Å². The Kier molecular flexibility index (Phi) is 6.57. The molecule has 3 rings (SSSR count). The van der Waals surface area contributed by atoms with E-state index in [4.69, 9.17) is 9.47 Å². The summed E-state index contributed by atoms with van der Waals surface area (Å²) in [6, 6.07) is 13.2. The van der Waals surface area contributed by atoms with Gasteiger partial charge in [0.2, 0.25) is 11.8 Å². The minimum absolute atomic E-state index is 0.0995. The molecule has 0 spiro atoms. The molecule has 0 aliphatic carbocycles. The van der Waals surface area contributed by atoms with E-state index in [0.29, 0.717) is 30.3 Å². The van der Waals surface area contributed by atoms with Crippen molar-refractivity contribution in [1.29, 1.82) is 0 Å². The van der Waals surface area contributed by atoms with Crippen LogP contribution in [-0.2, 0) is 16.0 Å². The third kappa shape index (κ3) is 4.47. The molecule has 7 heteroatoms. The quantitative estimate of drug-likeness (QED) is 0.708. The van der Waals surface area contributed by atoms with Gasteiger partial charge in [0.05, 0.1) is 25.8 Å². The fourth-order valence-corrected chi connectivity index (χ4v) is 3.77. The lowest BCUT2D eigenvalue weighted by Gasteiger charge is -2.20. The van der Waals surface area contributed by atoms with E-state index in [2.05, 4.69) is 21.2 Å². The molecule has 0 aromatic heterocycles. The van der Waals surface area contributed by atoms with Crippen molar-refractivity contribution in [3.8, 4) is 11.5 Å². The molecule has 0 saturated carbocycles. The van der Waals surface area contributed by atoms with E-state index in [1.165, 1.54) is 0 Å². The molecule has 1 unspecified atom stereocenters. The summed E-state index contributed by atoms with van der Waals surface area (Å²) in [5.74, 6) is 0.610. The highest BCUT2D eigenvalue weighted by Gasteiger charge is 2.36. The molecule has 1 atom stereocenters. The number of amides is 2. The number of carbonyl (C=O) groups excluding carboxylic acids is 2. The first-order valence-corrected chi connectivity index (χ1v) is 9.86. The number of nitrogens with zero attached hydrogens (tertiary/aromatic N) is 1. The zero-order valence-corrected chi connectivity index (χ0v) is 17.5. The molecule has 2 aromatic carbocycles. The second-order valence-corrected chi connectivity index (χ2v) is 7.43. The predicted molar refractivity (Wildman–Crippen MR) is 111 cm³/mol. The number of halogens is 1. The van der Waals surface area contributed by atoms with E-state index in [1.54, 1.807) is 37.3 Å². The van der Waals surface area contributed by atoms with Crippen molar-refractivity contribution in [1.82, 2.24) is 5.32 Å². The second kappa shape index (κ2) is 9.10. The Morgan fingerprint density at radius 2 is 2.00 bits per heavy atom. The maximum Gasteiger partial charge on any atom is 0.227 e. The van der Waals surface area contributed by atoms with Gasteiger partial charge in [-0.25, -0.2) is 0 Å². The summed E-state index contributed by atoms with van der Waals surface area (Å²) in [5.41, 5.74) is 1.75. The monoisotopic (exact) mass is 446 g/mol. The molecule has 2 aromatic rings. The van der Waals surface area contributed by atoms with Crippen LogP contribution in [0.5, 0.6) is 11.5 Å². The molecule has 1 heterocycles. The molecule has 2 amide bonds. The van der Waals surface area contributed by atoms with Crippen molar-refractivity contribution in [2.45, 2.75) is 12.8 Å². The highest BCUT2D eigenvalue weighted by atomic mass is 79.9. The summed E-state index contributed by atoms with van der Waals surface area (Å²) in [4.78, 5) is 26.7. The van der Waals surface area contributed by atoms with Crippen molar-refractivity contribution in [3.63, 3.8) is 0 Å². The Hall–Kier alpha value is -2.54. The molecular weight excluding hydrogens is 424 g/mol. The van der Waals surface area contributed by atoms with Crippen LogP contribution in [0.4, 0.5) is 5.69 Å². The number of methoxy groups -OCH3 is 2. The molecule has 1 aliphatic heterocycles. The molecule has 0 bridgehead atoms. The van der Waals surface area contributed by atoms with E-state index >= 15 is 0 Å². The van der Waals surface area contributed by atoms with Crippen molar-refractivity contribution in [2.75, 3.05) is 32.2 Å². The van der Waals surface area contributed by atoms with Gasteiger partial charge >= 0.3 is 0 Å². The van der Waals surface area contributed by atoms with Gasteiger partial charge in [0.25, 0.3) is 0 Å². The lowest BCUT2D eigenvalue weighted by Crippen LogP contribution is -2.34. The SMILES string of the molecule is COc1ccc(OC)c(N2CC(C(=O)NCCc3ccccc3Br)CC2=O)c1. The number of carbonyl (C=O) groups is 2. The van der Waals surface area contributed by atoms with Gasteiger partial charge < -0.3 is 19.7 Å². The number of rotatable bonds is 7. The summed E-state index contributed by atoms with van der Waals surface area (Å²) in [5, 5.41) is 2.95. The average molecular weight is 447 g/mol. The summed E-state index contributed by atoms with van der Waals surface area (Å²) in [6.45, 7) is 0.845. The summed E-state index contributed by atoms with van der Waals surface area (Å²) in [6.07, 6.45) is 0.905. The Morgan fingerprint density at radius 3 is 2.71 bits per heavy atom. The minimum atomic E-state index is -0.386. The van der Waals surface area contributed by atoms with Gasteiger partial charge in [-0.3, -0.25) is 9.59 Å². The number of ether oxygens (including phenoxy) is 2. The van der Waals surface area contributed by atoms with Gasteiger partial charge in [-0.1, -0.05) is 34.1 Å². The lowest BCUT2D eigenvalue weighted by atomic mass is 10.1. The van der Waals surface area contributed by atoms with Crippen LogP contribution in [0.2, 0.25) is 0 Å². The van der Waals surface area contributed by atoms with Crippen LogP contribution in [0.15, 0.2) is 46.9 Å². The van der Waals surface area contributed by atoms with Crippen LogP contribution < -0.4 is 19.7 Å². The second-order valence-electron chi connectivity index (χ2n) is 6.58. The number of hydrogen-bond donors (Lipinski definition) is 1. The van der Waals surface area contributed by atoms with Crippen LogP contribution >= 0.6 is 15.9 Å². The third-order valence-electron chi connectivity index (χ3n) is 4.82. The van der Waals surface area contributed by atoms with Crippen LogP contribution in [0, 0.1) is 5.92 Å². The van der Waals surface area contributed by atoms with E-state index in [-0.39, 0.29) is 24.2 Å². The van der Waals surface area contributed by atoms with Gasteiger partial charge in [-0.15, -0.1) is 0 Å². The minimum Gasteiger partial charge on any atom is -0.497 e. The zero-order valence-electron chi connectivity index (χ0n) is 15.9. The van der Waals surface area contributed by atoms with Gasteiger partial charge in [0, 0.05) is 30.0 Å². The molecule has 6 nitrogen and oxygen atoms in total. The maximum atomic E-state index is 12.6. The number of hydrogen-bond acceptors (Lipinski definition) is 4. The Balaban J connectivity index is 1.62. The summed E-state index contributed by atoms with van der Waals surface area (Å²) in [7, 11) is 3.12. The summed E-state index contributed by atoms with van der Waals surface area (Å²) < 4.78 is 11.6. The Labute approximate surface area is 172 Å². The van der Waals surface area contributed by atoms with Crippen LogP contribution in [-0.4, -0.2) is 39.1 Å². The average Bonchev–Trinajstić information content (AvgIpc) is 3.10. The third-order valence-corrected chi connectivity index (χ3v) is 5.60. The van der Waals surface area contributed by atoms with E-state index < -0.39 is 0 Å². The molecule has 1 fully saturated rings. The molecule has 28 heavy (non-hydrogen) atoms. The number of nitrogens with one attached hydrogen (secondary N) is 1. The molecule has 1 aliphatic rings. The fraction of sp³-hybridized carbons (Fsp3) is 0.333. The Morgan fingerprint density at radius 1 is 1.21 bits per heavy atom. The Bertz CT molecular complexity index is 871. The highest BCUT2D eigenvalue weighted by Crippen LogP contribution is 2.36. The lowest BCUT2D eigenvalue weighted by molar-refractivity contribution is -0.126. The molecular formula is C21H23BrN2O4. The maximum absolute atomic E-state index is 12.6. The molecule has 1 saturated heterocycles. The van der Waals surface area contributed by atoms with E-state index in [0.717, 1.165) is 16.5 Å². The van der Waals surface area contributed by atoms with Crippen molar-refractivity contribution >= 4 is 33.4 Å². The van der Waals surface area contributed by atoms with Crippen LogP contribution in [0.3, 0.4) is 0 Å². The van der Waals surface area contributed by atoms with Crippen molar-refractivity contribution in [3.05, 3.63) is 52.5 Å². The predicted octanol–water partition coefficient (Wildman–Crippen LogP) is 3.18. The first kappa shape index (κ1) is 20.2. The van der Waals surface area contributed by atoms with Crippen molar-refractivity contribution in [2.24, 2.45) is 5.92 Å². The van der Waals surface area contributed by atoms with Gasteiger partial charge in [-0.05, 0) is 30.2 Å². The van der Waals surface area contributed by atoms with E-state index in [9.17, 15) is 9.59 Å². The van der Waals surface area contributed by atoms with Gasteiger partial charge in [-0.2, -0.15) is 0 Å². The zero-order chi connectivity index (χ0) is 20.1. The standard InChI is InChI=1S/C21H23BrN2O4/c1-27-16-7-8-19(28-2)18(12-16)24-13-15(11-20(24)25)21(26)23-10-9-14-5-3-4-6-17(14)22/h3-8,12,15H,9-11,13H2,1-2H3,(H,23,26). The molecule has 0 radical (unpaired) electrons. The van der Waals surface area contributed by atoms with E-state index in [1.807, 2.05) is 24.3 Å². The normalized spacial score (nSPS) is 16.2. The first-order chi connectivity index (χ1) is 13.5.